The van der Waals surface area contributed by atoms with Gasteiger partial charge in [0.25, 0.3) is 0 Å². The van der Waals surface area contributed by atoms with E-state index >= 15 is 0 Å². The molecule has 2 amide bonds. The predicted molar refractivity (Wildman–Crippen MR) is 68.8 cm³/mol. The largest absolute Gasteiger partial charge is 0.354 e. The highest BCUT2D eigenvalue weighted by atomic mass is 32.1. The van der Waals surface area contributed by atoms with E-state index in [1.54, 1.807) is 0 Å². The number of rotatable bonds is 2. The van der Waals surface area contributed by atoms with Gasteiger partial charge in [0, 0.05) is 13.1 Å². The molecule has 2 aliphatic rings. The first-order valence-corrected chi connectivity index (χ1v) is 6.80. The SMILES string of the molecule is CC(C)C(S)C(=O)N1CCCC2C(=O)NCC21. The summed E-state index contributed by atoms with van der Waals surface area (Å²) in [7, 11) is 0. The van der Waals surface area contributed by atoms with E-state index in [0.717, 1.165) is 19.4 Å². The molecule has 2 fully saturated rings. The van der Waals surface area contributed by atoms with Gasteiger partial charge in [0.05, 0.1) is 17.2 Å². The first-order chi connectivity index (χ1) is 8.02. The average molecular weight is 256 g/mol. The maximum atomic E-state index is 12.3. The number of likely N-dealkylation sites (tertiary alicyclic amines) is 1. The van der Waals surface area contributed by atoms with E-state index < -0.39 is 0 Å². The molecule has 0 bridgehead atoms. The van der Waals surface area contributed by atoms with Gasteiger partial charge in [0.2, 0.25) is 11.8 Å². The van der Waals surface area contributed by atoms with Crippen molar-refractivity contribution in [1.29, 1.82) is 0 Å². The highest BCUT2D eigenvalue weighted by molar-refractivity contribution is 7.81. The highest BCUT2D eigenvalue weighted by Gasteiger charge is 2.43. The molecule has 0 aliphatic carbocycles. The molecular formula is C12H20N2O2S. The van der Waals surface area contributed by atoms with E-state index in [-0.39, 0.29) is 34.9 Å². The molecule has 2 rings (SSSR count). The molecule has 0 aromatic heterocycles. The lowest BCUT2D eigenvalue weighted by molar-refractivity contribution is -0.136. The number of carbonyl (C=O) groups is 2. The number of amides is 2. The van der Waals surface area contributed by atoms with Crippen molar-refractivity contribution in [1.82, 2.24) is 10.2 Å². The molecule has 5 heteroatoms. The third-order valence-electron chi connectivity index (χ3n) is 3.77. The van der Waals surface area contributed by atoms with E-state index in [2.05, 4.69) is 17.9 Å². The van der Waals surface area contributed by atoms with E-state index in [1.165, 1.54) is 0 Å². The quantitative estimate of drug-likeness (QED) is 0.714. The Hall–Kier alpha value is -0.710. The third-order valence-corrected chi connectivity index (χ3v) is 4.59. The second-order valence-corrected chi connectivity index (χ2v) is 5.84. The Balaban J connectivity index is 2.10. The van der Waals surface area contributed by atoms with Crippen LogP contribution in [-0.2, 0) is 9.59 Å². The standard InChI is InChI=1S/C12H20N2O2S/c1-7(2)10(17)12(16)14-5-3-4-8-9(14)6-13-11(8)15/h7-10,17H,3-6H2,1-2H3,(H,13,15). The molecule has 3 atom stereocenters. The van der Waals surface area contributed by atoms with Crippen LogP contribution in [0.1, 0.15) is 26.7 Å². The Morgan fingerprint density at radius 2 is 2.24 bits per heavy atom. The predicted octanol–water partition coefficient (Wildman–Crippen LogP) is 0.678. The van der Waals surface area contributed by atoms with Crippen LogP contribution in [0.4, 0.5) is 0 Å². The van der Waals surface area contributed by atoms with Gasteiger partial charge in [-0.1, -0.05) is 13.8 Å². The molecule has 0 aromatic carbocycles. The van der Waals surface area contributed by atoms with E-state index in [4.69, 9.17) is 0 Å². The molecule has 0 aromatic rings. The third kappa shape index (κ3) is 2.30. The van der Waals surface area contributed by atoms with Gasteiger partial charge in [-0.25, -0.2) is 0 Å². The van der Waals surface area contributed by atoms with Gasteiger partial charge in [-0.15, -0.1) is 0 Å². The van der Waals surface area contributed by atoms with Crippen LogP contribution in [0.5, 0.6) is 0 Å². The number of fused-ring (bicyclic) bond motifs is 1. The van der Waals surface area contributed by atoms with Crippen molar-refractivity contribution in [2.45, 2.75) is 38.0 Å². The second-order valence-electron chi connectivity index (χ2n) is 5.28. The smallest absolute Gasteiger partial charge is 0.236 e. The summed E-state index contributed by atoms with van der Waals surface area (Å²) in [6, 6.07) is 0.0529. The molecule has 2 saturated heterocycles. The monoisotopic (exact) mass is 256 g/mol. The van der Waals surface area contributed by atoms with Crippen LogP contribution in [0, 0.1) is 11.8 Å². The van der Waals surface area contributed by atoms with Gasteiger partial charge in [0.1, 0.15) is 0 Å². The Kier molecular flexibility index (Phi) is 3.66. The van der Waals surface area contributed by atoms with Crippen molar-refractivity contribution in [2.75, 3.05) is 13.1 Å². The fourth-order valence-electron chi connectivity index (χ4n) is 2.68. The van der Waals surface area contributed by atoms with E-state index in [9.17, 15) is 9.59 Å². The lowest BCUT2D eigenvalue weighted by atomic mass is 9.91. The number of piperidine rings is 1. The van der Waals surface area contributed by atoms with Crippen LogP contribution in [0.2, 0.25) is 0 Å². The maximum Gasteiger partial charge on any atom is 0.236 e. The Morgan fingerprint density at radius 3 is 2.88 bits per heavy atom. The molecule has 4 nitrogen and oxygen atoms in total. The molecule has 2 aliphatic heterocycles. The van der Waals surface area contributed by atoms with Gasteiger partial charge in [-0.05, 0) is 18.8 Å². The molecule has 0 saturated carbocycles. The number of carbonyl (C=O) groups excluding carboxylic acids is 2. The molecular weight excluding hydrogens is 236 g/mol. The minimum Gasteiger partial charge on any atom is -0.354 e. The first kappa shape index (κ1) is 12.7. The van der Waals surface area contributed by atoms with Crippen molar-refractivity contribution in [2.24, 2.45) is 11.8 Å². The second kappa shape index (κ2) is 4.88. The normalized spacial score (nSPS) is 30.1. The number of thiol groups is 1. The van der Waals surface area contributed by atoms with Crippen LogP contribution >= 0.6 is 12.6 Å². The zero-order valence-corrected chi connectivity index (χ0v) is 11.2. The molecule has 17 heavy (non-hydrogen) atoms. The van der Waals surface area contributed by atoms with Crippen LogP contribution in [0.3, 0.4) is 0 Å². The number of nitrogens with zero attached hydrogens (tertiary/aromatic N) is 1. The molecule has 1 N–H and O–H groups in total. The molecule has 2 heterocycles. The fraction of sp³-hybridized carbons (Fsp3) is 0.833. The lowest BCUT2D eigenvalue weighted by Crippen LogP contribution is -2.51. The number of hydrogen-bond acceptors (Lipinski definition) is 3. The summed E-state index contributed by atoms with van der Waals surface area (Å²) in [5, 5.41) is 2.60. The Labute approximate surface area is 108 Å². The summed E-state index contributed by atoms with van der Waals surface area (Å²) in [6.07, 6.45) is 1.82. The molecule has 0 spiro atoms. The zero-order chi connectivity index (χ0) is 12.6. The average Bonchev–Trinajstić information content (AvgIpc) is 2.69. The van der Waals surface area contributed by atoms with Gasteiger partial charge in [-0.3, -0.25) is 9.59 Å². The van der Waals surface area contributed by atoms with Gasteiger partial charge in [0.15, 0.2) is 0 Å². The van der Waals surface area contributed by atoms with Crippen LogP contribution in [-0.4, -0.2) is 41.1 Å². The van der Waals surface area contributed by atoms with E-state index in [1.807, 2.05) is 18.7 Å². The summed E-state index contributed by atoms with van der Waals surface area (Å²) in [5.74, 6) is 0.402. The van der Waals surface area contributed by atoms with Crippen molar-refractivity contribution >= 4 is 24.4 Å². The van der Waals surface area contributed by atoms with Gasteiger partial charge < -0.3 is 10.2 Å². The molecule has 3 unspecified atom stereocenters. The minimum atomic E-state index is -0.260. The van der Waals surface area contributed by atoms with Crippen molar-refractivity contribution in [3.05, 3.63) is 0 Å². The number of nitrogens with one attached hydrogen (secondary N) is 1. The molecule has 0 radical (unpaired) electrons. The maximum absolute atomic E-state index is 12.3. The summed E-state index contributed by atoms with van der Waals surface area (Å²) in [6.45, 7) is 5.36. The Morgan fingerprint density at radius 1 is 1.53 bits per heavy atom. The van der Waals surface area contributed by atoms with Crippen molar-refractivity contribution in [3.8, 4) is 0 Å². The molecule has 96 valence electrons. The summed E-state index contributed by atoms with van der Waals surface area (Å²) >= 11 is 4.39. The van der Waals surface area contributed by atoms with Crippen LogP contribution < -0.4 is 5.32 Å². The summed E-state index contributed by atoms with van der Waals surface area (Å²) in [4.78, 5) is 25.8. The van der Waals surface area contributed by atoms with Gasteiger partial charge in [-0.2, -0.15) is 12.6 Å². The first-order valence-electron chi connectivity index (χ1n) is 6.28. The zero-order valence-electron chi connectivity index (χ0n) is 10.3. The minimum absolute atomic E-state index is 0.000366. The van der Waals surface area contributed by atoms with E-state index in [0.29, 0.717) is 6.54 Å². The van der Waals surface area contributed by atoms with Gasteiger partial charge >= 0.3 is 0 Å². The van der Waals surface area contributed by atoms with Crippen LogP contribution in [0.15, 0.2) is 0 Å². The highest BCUT2D eigenvalue weighted by Crippen LogP contribution is 2.29. The summed E-state index contributed by atoms with van der Waals surface area (Å²) < 4.78 is 0. The Bertz CT molecular complexity index is 332. The van der Waals surface area contributed by atoms with Crippen LogP contribution in [0.25, 0.3) is 0 Å². The summed E-state index contributed by atoms with van der Waals surface area (Å²) in [5.41, 5.74) is 0. The van der Waals surface area contributed by atoms with Crippen molar-refractivity contribution in [3.63, 3.8) is 0 Å². The lowest BCUT2D eigenvalue weighted by Gasteiger charge is -2.37. The number of hydrogen-bond donors (Lipinski definition) is 2. The topological polar surface area (TPSA) is 49.4 Å². The van der Waals surface area contributed by atoms with Crippen molar-refractivity contribution < 1.29 is 9.59 Å². The fourth-order valence-corrected chi connectivity index (χ4v) is 2.83.